The summed E-state index contributed by atoms with van der Waals surface area (Å²) in [4.78, 5) is 12.0. The summed E-state index contributed by atoms with van der Waals surface area (Å²) in [6.45, 7) is 7.90. The number of unbranched alkanes of at least 4 members (excludes halogenated alkanes) is 1. The van der Waals surface area contributed by atoms with E-state index in [-0.39, 0.29) is 25.1 Å². The first-order valence-electron chi connectivity index (χ1n) is 8.94. The summed E-state index contributed by atoms with van der Waals surface area (Å²) >= 11 is 1.77. The first kappa shape index (κ1) is 23.0. The fourth-order valence-corrected chi connectivity index (χ4v) is 4.86. The Balaban J connectivity index is 3.10. The Kier molecular flexibility index (Phi) is 11.0. The molecule has 0 amide bonds. The van der Waals surface area contributed by atoms with Crippen molar-refractivity contribution >= 4 is 30.6 Å². The molecule has 0 spiro atoms. The highest BCUT2D eigenvalue weighted by Gasteiger charge is 2.33. The second kappa shape index (κ2) is 12.4. The number of rotatable bonds is 13. The van der Waals surface area contributed by atoms with Crippen molar-refractivity contribution in [2.45, 2.75) is 46.3 Å². The van der Waals surface area contributed by atoms with Crippen molar-refractivity contribution in [1.82, 2.24) is 0 Å². The van der Waals surface area contributed by atoms with Crippen LogP contribution in [0.2, 0.25) is 0 Å². The normalized spacial score (nSPS) is 12.4. The van der Waals surface area contributed by atoms with E-state index in [4.69, 9.17) is 18.2 Å². The molecule has 26 heavy (non-hydrogen) atoms. The predicted octanol–water partition coefficient (Wildman–Crippen LogP) is 5.48. The molecule has 1 heterocycles. The van der Waals surface area contributed by atoms with Gasteiger partial charge in [0.05, 0.1) is 37.2 Å². The molecule has 0 aliphatic heterocycles. The number of carbonyl (C=O) groups is 1. The average molecular weight is 404 g/mol. The largest absolute Gasteiger partial charge is 0.468 e. The van der Waals surface area contributed by atoms with Gasteiger partial charge < -0.3 is 18.2 Å². The molecule has 8 heteroatoms. The van der Waals surface area contributed by atoms with Gasteiger partial charge in [0.2, 0.25) is 0 Å². The summed E-state index contributed by atoms with van der Waals surface area (Å²) in [5.74, 6) is 1.91. The van der Waals surface area contributed by atoms with Gasteiger partial charge in [0.1, 0.15) is 5.76 Å². The summed E-state index contributed by atoms with van der Waals surface area (Å²) in [5.41, 5.74) is 0.509. The van der Waals surface area contributed by atoms with Crippen LogP contribution in [0.5, 0.6) is 0 Å². The lowest BCUT2D eigenvalue weighted by molar-refractivity contribution is -0.137. The summed E-state index contributed by atoms with van der Waals surface area (Å²) in [6, 6.07) is 1.77. The minimum atomic E-state index is -3.66. The summed E-state index contributed by atoms with van der Waals surface area (Å²) in [6.07, 6.45) is 4.95. The average Bonchev–Trinajstić information content (AvgIpc) is 3.06. The summed E-state index contributed by atoms with van der Waals surface area (Å²) < 4.78 is 34.5. The van der Waals surface area contributed by atoms with E-state index >= 15 is 0 Å². The molecular formula is C18H29O6PS. The Hall–Kier alpha value is -1.01. The lowest BCUT2D eigenvalue weighted by Crippen LogP contribution is -2.04. The lowest BCUT2D eigenvalue weighted by atomic mass is 10.3. The third-order valence-corrected chi connectivity index (χ3v) is 6.51. The second-order valence-electron chi connectivity index (χ2n) is 5.32. The molecule has 148 valence electrons. The number of carbonyl (C=O) groups excluding carboxylic acids is 1. The van der Waals surface area contributed by atoms with Crippen LogP contribution in [0.1, 0.15) is 51.9 Å². The Morgan fingerprint density at radius 2 is 1.88 bits per heavy atom. The van der Waals surface area contributed by atoms with Gasteiger partial charge in [0, 0.05) is 11.6 Å². The van der Waals surface area contributed by atoms with Crippen LogP contribution in [0.25, 0.3) is 5.31 Å². The van der Waals surface area contributed by atoms with Crippen molar-refractivity contribution in [2.24, 2.45) is 0 Å². The number of hydrogen-bond donors (Lipinski definition) is 0. The van der Waals surface area contributed by atoms with Gasteiger partial charge in [-0.05, 0) is 39.0 Å². The third kappa shape index (κ3) is 7.31. The topological polar surface area (TPSA) is 75.0 Å². The number of esters is 1. The van der Waals surface area contributed by atoms with Crippen LogP contribution in [0.4, 0.5) is 0 Å². The summed E-state index contributed by atoms with van der Waals surface area (Å²) in [7, 11) is -3.66. The molecule has 0 radical (unpaired) electrons. The molecule has 0 unspecified atom stereocenters. The fraction of sp³-hybridized carbons (Fsp3) is 0.611. The third-order valence-electron chi connectivity index (χ3n) is 3.27. The molecule has 0 fully saturated rings. The van der Waals surface area contributed by atoms with Gasteiger partial charge in [-0.3, -0.25) is 4.57 Å². The molecule has 1 rings (SSSR count). The zero-order chi connectivity index (χ0) is 19.4. The fourth-order valence-electron chi connectivity index (χ4n) is 2.14. The van der Waals surface area contributed by atoms with Crippen LogP contribution in [0, 0.1) is 0 Å². The highest BCUT2D eigenvalue weighted by atomic mass is 32.2. The van der Waals surface area contributed by atoms with E-state index in [1.807, 2.05) is 0 Å². The minimum Gasteiger partial charge on any atom is -0.468 e. The quantitative estimate of drug-likeness (QED) is 0.186. The Bertz CT molecular complexity index is 615. The highest BCUT2D eigenvalue weighted by molar-refractivity contribution is 7.98. The van der Waals surface area contributed by atoms with Gasteiger partial charge in [-0.15, -0.1) is 0 Å². The van der Waals surface area contributed by atoms with Crippen molar-refractivity contribution < 1.29 is 27.6 Å². The van der Waals surface area contributed by atoms with Crippen LogP contribution >= 0.6 is 19.4 Å². The van der Waals surface area contributed by atoms with Crippen molar-refractivity contribution in [2.75, 3.05) is 25.6 Å². The van der Waals surface area contributed by atoms with Gasteiger partial charge in [0.15, 0.2) is 0 Å². The van der Waals surface area contributed by atoms with Gasteiger partial charge >= 0.3 is 13.6 Å². The molecule has 1 aromatic heterocycles. The highest BCUT2D eigenvalue weighted by Crippen LogP contribution is 2.60. The van der Waals surface area contributed by atoms with Crippen LogP contribution in [-0.2, 0) is 28.9 Å². The molecule has 0 atom stereocenters. The van der Waals surface area contributed by atoms with Crippen LogP contribution in [0.15, 0.2) is 22.8 Å². The van der Waals surface area contributed by atoms with Gasteiger partial charge in [-0.2, -0.15) is 11.8 Å². The monoisotopic (exact) mass is 404 g/mol. The first-order chi connectivity index (χ1) is 12.5. The maximum atomic E-state index is 13.2. The molecule has 1 aromatic rings. The molecule has 0 aliphatic carbocycles. The SMILES string of the molecule is CCCCSCc1cc(C(=CC(=O)OCC)P(=O)(OCC)OCC)co1. The lowest BCUT2D eigenvalue weighted by Gasteiger charge is -2.19. The van der Waals surface area contributed by atoms with Gasteiger partial charge in [-0.25, -0.2) is 4.79 Å². The summed E-state index contributed by atoms with van der Waals surface area (Å²) in [5, 5.41) is 0.160. The maximum Gasteiger partial charge on any atom is 0.362 e. The van der Waals surface area contributed by atoms with Crippen molar-refractivity contribution in [1.29, 1.82) is 0 Å². The molecule has 0 N–H and O–H groups in total. The van der Waals surface area contributed by atoms with Crippen LogP contribution < -0.4 is 0 Å². The van der Waals surface area contributed by atoms with E-state index in [2.05, 4.69) is 6.92 Å². The zero-order valence-electron chi connectivity index (χ0n) is 16.0. The van der Waals surface area contributed by atoms with E-state index in [9.17, 15) is 9.36 Å². The van der Waals surface area contributed by atoms with Crippen LogP contribution in [-0.4, -0.2) is 31.5 Å². The molecule has 0 saturated heterocycles. The zero-order valence-corrected chi connectivity index (χ0v) is 17.7. The number of thioether (sulfide) groups is 1. The Morgan fingerprint density at radius 3 is 2.46 bits per heavy atom. The number of hydrogen-bond acceptors (Lipinski definition) is 7. The molecule has 6 nitrogen and oxygen atoms in total. The van der Waals surface area contributed by atoms with E-state index in [0.717, 1.165) is 24.4 Å². The van der Waals surface area contributed by atoms with E-state index in [1.165, 1.54) is 12.3 Å². The van der Waals surface area contributed by atoms with Gasteiger partial charge in [0.25, 0.3) is 0 Å². The van der Waals surface area contributed by atoms with E-state index in [0.29, 0.717) is 11.3 Å². The number of ether oxygens (including phenoxy) is 1. The molecule has 0 saturated carbocycles. The van der Waals surface area contributed by atoms with Crippen molar-refractivity contribution in [3.8, 4) is 0 Å². The molecule has 0 aromatic carbocycles. The van der Waals surface area contributed by atoms with E-state index in [1.54, 1.807) is 38.6 Å². The molecule has 0 bridgehead atoms. The Labute approximate surface area is 160 Å². The standard InChI is InChI=1S/C18H29O6PS/c1-5-9-10-26-14-16-11-15(13-22-16)17(12-18(19)21-6-2)25(20,23-7-3)24-8-4/h11-13H,5-10,14H2,1-4H3. The van der Waals surface area contributed by atoms with Crippen molar-refractivity contribution in [3.05, 3.63) is 29.7 Å². The minimum absolute atomic E-state index is 0.160. The molecular weight excluding hydrogens is 375 g/mol. The second-order valence-corrected chi connectivity index (χ2v) is 8.42. The Morgan fingerprint density at radius 1 is 1.19 bits per heavy atom. The number of furan rings is 1. The predicted molar refractivity (Wildman–Crippen MR) is 105 cm³/mol. The maximum absolute atomic E-state index is 13.2. The smallest absolute Gasteiger partial charge is 0.362 e. The van der Waals surface area contributed by atoms with Crippen molar-refractivity contribution in [3.63, 3.8) is 0 Å². The first-order valence-corrected chi connectivity index (χ1v) is 11.6. The van der Waals surface area contributed by atoms with Crippen LogP contribution in [0.3, 0.4) is 0 Å². The molecule has 0 aliphatic rings. The van der Waals surface area contributed by atoms with E-state index < -0.39 is 13.6 Å². The van der Waals surface area contributed by atoms with Gasteiger partial charge in [-0.1, -0.05) is 13.3 Å².